The molecule has 0 aliphatic carbocycles. The minimum absolute atomic E-state index is 0. The van der Waals surface area contributed by atoms with E-state index in [2.05, 4.69) is 31.0 Å². The fourth-order valence-electron chi connectivity index (χ4n) is 6.73. The SMILES string of the molecule is CC(=O)O.CC(=O)O.CCCCCCCCCCCCC(CNCCN)N(CCCCCCCCCCCC)CCCCCCCCCCCC.[Na]. The summed E-state index contributed by atoms with van der Waals surface area (Å²) >= 11 is 0. The van der Waals surface area contributed by atoms with E-state index in [9.17, 15) is 0 Å². The molecule has 0 aromatic carbocycles. The summed E-state index contributed by atoms with van der Waals surface area (Å²) in [6, 6.07) is 0.692. The number of hydrogen-bond donors (Lipinski definition) is 4. The molecule has 5 N–H and O–H groups in total. The first-order valence-corrected chi connectivity index (χ1v) is 22.3. The molecule has 0 heterocycles. The second-order valence-electron chi connectivity index (χ2n) is 15.1. The number of nitrogens with two attached hydrogens (primary N) is 1. The van der Waals surface area contributed by atoms with Crippen LogP contribution < -0.4 is 11.1 Å². The van der Waals surface area contributed by atoms with Crippen LogP contribution in [0.2, 0.25) is 0 Å². The number of carboxylic acid groups (broad SMARTS) is 2. The van der Waals surface area contributed by atoms with E-state index in [0.29, 0.717) is 6.04 Å². The van der Waals surface area contributed by atoms with Crippen molar-refractivity contribution in [3.05, 3.63) is 0 Å². The summed E-state index contributed by atoms with van der Waals surface area (Å²) in [5, 5.41) is 18.5. The van der Waals surface area contributed by atoms with E-state index in [1.54, 1.807) is 0 Å². The number of hydrogen-bond acceptors (Lipinski definition) is 5. The molecule has 0 amide bonds. The smallest absolute Gasteiger partial charge is 0.300 e. The van der Waals surface area contributed by atoms with Crippen molar-refractivity contribution in [3.63, 3.8) is 0 Å². The van der Waals surface area contributed by atoms with Crippen LogP contribution in [0.1, 0.15) is 234 Å². The van der Waals surface area contributed by atoms with Crippen molar-refractivity contribution < 1.29 is 19.8 Å². The Morgan fingerprint density at radius 3 is 1.02 bits per heavy atom. The molecule has 52 heavy (non-hydrogen) atoms. The number of nitrogens with zero attached hydrogens (tertiary/aromatic N) is 1. The van der Waals surface area contributed by atoms with Gasteiger partial charge in [0.15, 0.2) is 0 Å². The van der Waals surface area contributed by atoms with Gasteiger partial charge >= 0.3 is 0 Å². The average molecular weight is 751 g/mol. The minimum Gasteiger partial charge on any atom is -0.481 e. The van der Waals surface area contributed by atoms with Crippen LogP contribution in [-0.4, -0.2) is 95.4 Å². The van der Waals surface area contributed by atoms with Gasteiger partial charge in [0.1, 0.15) is 0 Å². The van der Waals surface area contributed by atoms with Gasteiger partial charge < -0.3 is 21.3 Å². The molecule has 0 aromatic heterocycles. The molecule has 0 bridgehead atoms. The van der Waals surface area contributed by atoms with Crippen LogP contribution in [0.15, 0.2) is 0 Å². The third-order valence-corrected chi connectivity index (χ3v) is 9.71. The van der Waals surface area contributed by atoms with Crippen LogP contribution in [0.25, 0.3) is 0 Å². The Kier molecular flexibility index (Phi) is 59.6. The maximum Gasteiger partial charge on any atom is 0.300 e. The summed E-state index contributed by atoms with van der Waals surface area (Å²) in [6.07, 6.45) is 44.3. The summed E-state index contributed by atoms with van der Waals surface area (Å²) in [5.41, 5.74) is 5.87. The molecular formula is C44H93N3NaO4. The third kappa shape index (κ3) is 59.1. The van der Waals surface area contributed by atoms with E-state index in [-0.39, 0.29) is 29.6 Å². The first-order chi connectivity index (χ1) is 24.8. The molecule has 1 atom stereocenters. The van der Waals surface area contributed by atoms with E-state index in [1.165, 1.54) is 212 Å². The van der Waals surface area contributed by atoms with Crippen molar-refractivity contribution in [1.82, 2.24) is 10.2 Å². The number of rotatable bonds is 38. The molecule has 0 rings (SSSR count). The molecule has 0 spiro atoms. The zero-order valence-corrected chi connectivity index (χ0v) is 38.3. The minimum atomic E-state index is -0.833. The number of carboxylic acids is 2. The van der Waals surface area contributed by atoms with E-state index in [1.807, 2.05) is 0 Å². The molecule has 0 fully saturated rings. The van der Waals surface area contributed by atoms with Crippen molar-refractivity contribution in [3.8, 4) is 0 Å². The van der Waals surface area contributed by atoms with Gasteiger partial charge in [0.2, 0.25) is 0 Å². The maximum atomic E-state index is 9.00. The van der Waals surface area contributed by atoms with Crippen LogP contribution in [-0.2, 0) is 9.59 Å². The second-order valence-corrected chi connectivity index (χ2v) is 15.1. The molecular weight excluding hydrogens is 657 g/mol. The Labute approximate surface area is 347 Å². The third-order valence-electron chi connectivity index (χ3n) is 9.71. The summed E-state index contributed by atoms with van der Waals surface area (Å²) in [7, 11) is 0. The molecule has 0 aliphatic rings. The molecule has 309 valence electrons. The molecule has 7 nitrogen and oxygen atoms in total. The normalized spacial score (nSPS) is 11.3. The van der Waals surface area contributed by atoms with Crippen molar-refractivity contribution >= 4 is 41.5 Å². The van der Waals surface area contributed by atoms with Crippen molar-refractivity contribution in [2.24, 2.45) is 5.73 Å². The topological polar surface area (TPSA) is 116 Å². The van der Waals surface area contributed by atoms with Gasteiger partial charge in [0.05, 0.1) is 0 Å². The number of carbonyl (C=O) groups is 2. The standard InChI is InChI=1S/C40H85N3.2C2H4O2.Na/c1-4-7-10-13-16-19-22-25-28-31-34-40(39-42-36-35-41)43(37-32-29-26-23-20-17-14-11-8-5-2)38-33-30-27-24-21-18-15-12-9-6-3;2*1-2(3)4;/h40,42H,4-39,41H2,1-3H3;2*1H3,(H,3,4);. The Morgan fingerprint density at radius 1 is 0.500 bits per heavy atom. The zero-order chi connectivity index (χ0) is 38.5. The van der Waals surface area contributed by atoms with Crippen molar-refractivity contribution in [1.29, 1.82) is 0 Å². The Balaban J connectivity index is -0.00000115. The van der Waals surface area contributed by atoms with Crippen LogP contribution >= 0.6 is 0 Å². The van der Waals surface area contributed by atoms with Gasteiger partial charge in [-0.15, -0.1) is 0 Å². The predicted molar refractivity (Wildman–Crippen MR) is 230 cm³/mol. The van der Waals surface area contributed by atoms with Gasteiger partial charge in [-0.25, -0.2) is 0 Å². The predicted octanol–water partition coefficient (Wildman–Crippen LogP) is 12.2. The molecule has 1 unspecified atom stereocenters. The summed E-state index contributed by atoms with van der Waals surface area (Å²) < 4.78 is 0. The summed E-state index contributed by atoms with van der Waals surface area (Å²) in [5.74, 6) is -1.67. The first kappa shape index (κ1) is 58.5. The van der Waals surface area contributed by atoms with Gasteiger partial charge in [0.25, 0.3) is 11.9 Å². The van der Waals surface area contributed by atoms with E-state index < -0.39 is 11.9 Å². The average Bonchev–Trinajstić information content (AvgIpc) is 3.08. The second kappa shape index (κ2) is 52.9. The van der Waals surface area contributed by atoms with Crippen LogP contribution in [0.4, 0.5) is 0 Å². The van der Waals surface area contributed by atoms with E-state index in [0.717, 1.165) is 33.5 Å². The number of nitrogens with one attached hydrogen (secondary N) is 1. The van der Waals surface area contributed by atoms with Gasteiger partial charge in [-0.3, -0.25) is 14.5 Å². The number of aliphatic carboxylic acids is 2. The molecule has 0 aromatic rings. The van der Waals surface area contributed by atoms with E-state index >= 15 is 0 Å². The van der Waals surface area contributed by atoms with Crippen LogP contribution in [0.5, 0.6) is 0 Å². The fourth-order valence-corrected chi connectivity index (χ4v) is 6.73. The van der Waals surface area contributed by atoms with E-state index in [4.69, 9.17) is 25.5 Å². The molecule has 8 heteroatoms. The molecule has 0 aliphatic heterocycles. The Bertz CT molecular complexity index is 627. The van der Waals surface area contributed by atoms with Gasteiger partial charge in [-0.05, 0) is 32.4 Å². The molecule has 0 saturated carbocycles. The van der Waals surface area contributed by atoms with Gasteiger partial charge in [-0.1, -0.05) is 201 Å². The molecule has 0 saturated heterocycles. The van der Waals surface area contributed by atoms with Crippen LogP contribution in [0.3, 0.4) is 0 Å². The summed E-state index contributed by atoms with van der Waals surface area (Å²) in [4.78, 5) is 20.9. The maximum absolute atomic E-state index is 9.00. The Hall–Kier alpha value is -0.180. The zero-order valence-electron chi connectivity index (χ0n) is 36.3. The molecule has 1 radical (unpaired) electrons. The van der Waals surface area contributed by atoms with Gasteiger partial charge in [-0.2, -0.15) is 0 Å². The van der Waals surface area contributed by atoms with Crippen LogP contribution in [0, 0.1) is 0 Å². The first-order valence-electron chi connectivity index (χ1n) is 22.3. The van der Waals surface area contributed by atoms with Gasteiger partial charge in [0, 0.05) is 69.1 Å². The number of unbranched alkanes of at least 4 members (excludes halogenated alkanes) is 27. The summed E-state index contributed by atoms with van der Waals surface area (Å²) in [6.45, 7) is 14.6. The van der Waals surface area contributed by atoms with Crippen molar-refractivity contribution in [2.45, 2.75) is 240 Å². The Morgan fingerprint density at radius 2 is 0.750 bits per heavy atom. The fraction of sp³-hybridized carbons (Fsp3) is 0.955. The monoisotopic (exact) mass is 751 g/mol. The quantitative estimate of drug-likeness (QED) is 0.0367. The van der Waals surface area contributed by atoms with Crippen molar-refractivity contribution in [2.75, 3.05) is 32.7 Å². The largest absolute Gasteiger partial charge is 0.481 e.